The lowest BCUT2D eigenvalue weighted by Gasteiger charge is -2.36. The van der Waals surface area contributed by atoms with Crippen LogP contribution in [0.3, 0.4) is 0 Å². The van der Waals surface area contributed by atoms with Gasteiger partial charge in [0.2, 0.25) is 11.8 Å². The maximum Gasteiger partial charge on any atom is 0.244 e. The highest BCUT2D eigenvalue weighted by atomic mass is 16.5. The number of ether oxygens (including phenoxy) is 1. The van der Waals surface area contributed by atoms with Crippen LogP contribution in [0.15, 0.2) is 36.7 Å². The first kappa shape index (κ1) is 17.4. The molecule has 6 heteroatoms. The van der Waals surface area contributed by atoms with Crippen molar-refractivity contribution < 1.29 is 9.53 Å². The van der Waals surface area contributed by atoms with Gasteiger partial charge >= 0.3 is 0 Å². The Labute approximate surface area is 148 Å². The second-order valence-electron chi connectivity index (χ2n) is 6.30. The molecule has 1 aromatic carbocycles. The highest BCUT2D eigenvalue weighted by Crippen LogP contribution is 2.31. The van der Waals surface area contributed by atoms with E-state index in [0.29, 0.717) is 19.0 Å². The van der Waals surface area contributed by atoms with Crippen molar-refractivity contribution >= 4 is 5.91 Å². The number of carbonyl (C=O) groups is 1. The second kappa shape index (κ2) is 7.61. The molecule has 1 aromatic heterocycles. The molecule has 0 spiro atoms. The van der Waals surface area contributed by atoms with E-state index in [2.05, 4.69) is 14.9 Å². The van der Waals surface area contributed by atoms with E-state index >= 15 is 0 Å². The molecule has 2 aromatic rings. The van der Waals surface area contributed by atoms with Gasteiger partial charge in [-0.15, -0.1) is 0 Å². The monoisotopic (exact) mass is 340 g/mol. The Balaban J connectivity index is 1.95. The molecule has 0 bridgehead atoms. The number of hydrogen-bond acceptors (Lipinski definition) is 5. The van der Waals surface area contributed by atoms with Crippen LogP contribution >= 0.6 is 0 Å². The van der Waals surface area contributed by atoms with Crippen LogP contribution in [0.4, 0.5) is 0 Å². The van der Waals surface area contributed by atoms with E-state index in [9.17, 15) is 4.79 Å². The zero-order valence-electron chi connectivity index (χ0n) is 15.0. The summed E-state index contributed by atoms with van der Waals surface area (Å²) in [5.74, 6) is 0.700. The molecule has 1 atom stereocenters. The molecule has 0 aliphatic carbocycles. The number of fused-ring (bicyclic) bond motifs is 1. The van der Waals surface area contributed by atoms with E-state index < -0.39 is 0 Å². The van der Waals surface area contributed by atoms with E-state index in [4.69, 9.17) is 4.74 Å². The van der Waals surface area contributed by atoms with Crippen molar-refractivity contribution in [1.82, 2.24) is 19.8 Å². The van der Waals surface area contributed by atoms with Crippen molar-refractivity contribution in [2.24, 2.45) is 0 Å². The van der Waals surface area contributed by atoms with Crippen molar-refractivity contribution in [3.8, 4) is 5.88 Å². The number of likely N-dealkylation sites (N-methyl/N-ethyl adjacent to an activating group) is 1. The lowest BCUT2D eigenvalue weighted by Crippen LogP contribution is -2.42. The van der Waals surface area contributed by atoms with Gasteiger partial charge in [-0.05, 0) is 12.5 Å². The van der Waals surface area contributed by atoms with E-state index in [1.54, 1.807) is 25.3 Å². The molecule has 0 saturated carbocycles. The van der Waals surface area contributed by atoms with Gasteiger partial charge in [-0.25, -0.2) is 9.97 Å². The molecule has 1 aliphatic heterocycles. The van der Waals surface area contributed by atoms with E-state index in [1.807, 2.05) is 37.3 Å². The fourth-order valence-corrected chi connectivity index (χ4v) is 3.21. The van der Waals surface area contributed by atoms with Crippen LogP contribution in [0.5, 0.6) is 5.88 Å². The summed E-state index contributed by atoms with van der Waals surface area (Å²) in [6.45, 7) is 3.87. The van der Waals surface area contributed by atoms with Gasteiger partial charge in [0.25, 0.3) is 0 Å². The molecule has 6 nitrogen and oxygen atoms in total. The van der Waals surface area contributed by atoms with Crippen molar-refractivity contribution in [1.29, 1.82) is 0 Å². The summed E-state index contributed by atoms with van der Waals surface area (Å²) in [5.41, 5.74) is 3.00. The van der Waals surface area contributed by atoms with Crippen LogP contribution < -0.4 is 4.74 Å². The fourth-order valence-electron chi connectivity index (χ4n) is 3.21. The van der Waals surface area contributed by atoms with Gasteiger partial charge in [0, 0.05) is 39.2 Å². The predicted octanol–water partition coefficient (Wildman–Crippen LogP) is 2.06. The minimum atomic E-state index is -0.320. The smallest absolute Gasteiger partial charge is 0.244 e. The molecule has 0 fully saturated rings. The summed E-state index contributed by atoms with van der Waals surface area (Å²) in [7, 11) is 3.59. The van der Waals surface area contributed by atoms with Gasteiger partial charge in [-0.3, -0.25) is 9.69 Å². The topological polar surface area (TPSA) is 58.6 Å². The zero-order chi connectivity index (χ0) is 17.8. The van der Waals surface area contributed by atoms with Gasteiger partial charge in [0.1, 0.15) is 12.4 Å². The zero-order valence-corrected chi connectivity index (χ0v) is 15.0. The molecule has 132 valence electrons. The third-order valence-corrected chi connectivity index (χ3v) is 4.43. The van der Waals surface area contributed by atoms with Gasteiger partial charge in [-0.2, -0.15) is 0 Å². The lowest BCUT2D eigenvalue weighted by molar-refractivity contribution is -0.135. The molecule has 0 N–H and O–H groups in total. The molecule has 0 saturated heterocycles. The quantitative estimate of drug-likeness (QED) is 0.834. The molecule has 0 unspecified atom stereocenters. The molecular formula is C19H24N4O2. The van der Waals surface area contributed by atoms with E-state index in [-0.39, 0.29) is 11.9 Å². The summed E-state index contributed by atoms with van der Waals surface area (Å²) in [6, 6.07) is 9.60. The average Bonchev–Trinajstić information content (AvgIpc) is 2.63. The normalized spacial score (nSPS) is 15.3. The van der Waals surface area contributed by atoms with Crippen LogP contribution in [-0.2, 0) is 17.8 Å². The number of benzene rings is 1. The van der Waals surface area contributed by atoms with Crippen LogP contribution in [0.2, 0.25) is 0 Å². The SMILES string of the molecule is CCOc1ncnc2c1CN([C@@H](C(=O)N(C)C)c1ccccc1)CC2. The summed E-state index contributed by atoms with van der Waals surface area (Å²) in [4.78, 5) is 25.4. The first-order chi connectivity index (χ1) is 12.1. The number of amides is 1. The van der Waals surface area contributed by atoms with Crippen LogP contribution in [0.1, 0.15) is 29.8 Å². The maximum absolute atomic E-state index is 12.9. The van der Waals surface area contributed by atoms with Crippen molar-refractivity contribution in [2.45, 2.75) is 25.9 Å². The van der Waals surface area contributed by atoms with Gasteiger partial charge < -0.3 is 9.64 Å². The van der Waals surface area contributed by atoms with E-state index in [1.165, 1.54) is 0 Å². The first-order valence-corrected chi connectivity index (χ1v) is 8.57. The Morgan fingerprint density at radius 1 is 1.28 bits per heavy atom. The van der Waals surface area contributed by atoms with Gasteiger partial charge in [0.15, 0.2) is 0 Å². The molecular weight excluding hydrogens is 316 g/mol. The number of rotatable bonds is 5. The highest BCUT2D eigenvalue weighted by Gasteiger charge is 2.33. The summed E-state index contributed by atoms with van der Waals surface area (Å²) < 4.78 is 5.67. The molecule has 1 amide bonds. The summed E-state index contributed by atoms with van der Waals surface area (Å²) in [6.07, 6.45) is 2.33. The summed E-state index contributed by atoms with van der Waals surface area (Å²) in [5, 5.41) is 0. The molecule has 3 rings (SSSR count). The van der Waals surface area contributed by atoms with Crippen LogP contribution in [-0.4, -0.2) is 52.9 Å². The Kier molecular flexibility index (Phi) is 5.28. The van der Waals surface area contributed by atoms with Crippen molar-refractivity contribution in [2.75, 3.05) is 27.2 Å². The Morgan fingerprint density at radius 3 is 2.72 bits per heavy atom. The highest BCUT2D eigenvalue weighted by molar-refractivity contribution is 5.83. The third-order valence-electron chi connectivity index (χ3n) is 4.43. The minimum Gasteiger partial charge on any atom is -0.478 e. The van der Waals surface area contributed by atoms with Crippen molar-refractivity contribution in [3.63, 3.8) is 0 Å². The van der Waals surface area contributed by atoms with Crippen molar-refractivity contribution in [3.05, 3.63) is 53.5 Å². The van der Waals surface area contributed by atoms with Crippen LogP contribution in [0.25, 0.3) is 0 Å². The molecule has 25 heavy (non-hydrogen) atoms. The molecule has 1 aliphatic rings. The first-order valence-electron chi connectivity index (χ1n) is 8.57. The molecule has 2 heterocycles. The largest absolute Gasteiger partial charge is 0.478 e. The summed E-state index contributed by atoms with van der Waals surface area (Å²) >= 11 is 0. The molecule has 0 radical (unpaired) electrons. The van der Waals surface area contributed by atoms with Gasteiger partial charge in [0.05, 0.1) is 12.3 Å². The Morgan fingerprint density at radius 2 is 2.04 bits per heavy atom. The van der Waals surface area contributed by atoms with Crippen LogP contribution in [0, 0.1) is 0 Å². The Hall–Kier alpha value is -2.47. The maximum atomic E-state index is 12.9. The fraction of sp³-hybridized carbons (Fsp3) is 0.421. The number of carbonyl (C=O) groups excluding carboxylic acids is 1. The predicted molar refractivity (Wildman–Crippen MR) is 95.2 cm³/mol. The number of nitrogens with zero attached hydrogens (tertiary/aromatic N) is 4. The second-order valence-corrected chi connectivity index (χ2v) is 6.30. The number of hydrogen-bond donors (Lipinski definition) is 0. The Bertz CT molecular complexity index is 733. The van der Waals surface area contributed by atoms with E-state index in [0.717, 1.165) is 29.8 Å². The van der Waals surface area contributed by atoms with Gasteiger partial charge in [-0.1, -0.05) is 30.3 Å². The number of aromatic nitrogens is 2. The standard InChI is InChI=1S/C19H24N4O2/c1-4-25-18-15-12-23(11-10-16(15)20-13-21-18)17(19(24)22(2)3)14-8-6-5-7-9-14/h5-9,13,17H,4,10-12H2,1-3H3/t17-/m1/s1. The minimum absolute atomic E-state index is 0.0736. The average molecular weight is 340 g/mol. The lowest BCUT2D eigenvalue weighted by atomic mass is 9.99. The third kappa shape index (κ3) is 3.64.